The Morgan fingerprint density at radius 1 is 1.16 bits per heavy atom. The molecule has 0 unspecified atom stereocenters. The summed E-state index contributed by atoms with van der Waals surface area (Å²) in [5, 5.41) is 9.17. The molecule has 19 heavy (non-hydrogen) atoms. The minimum Gasteiger partial charge on any atom is -0.392 e. The number of aliphatic hydroxyl groups is 1. The molecule has 2 aromatic carbocycles. The molecule has 0 aliphatic rings. The number of rotatable bonds is 4. The molecule has 0 aliphatic heterocycles. The van der Waals surface area contributed by atoms with Gasteiger partial charge in [-0.1, -0.05) is 24.3 Å². The van der Waals surface area contributed by atoms with Gasteiger partial charge in [-0.15, -0.1) is 0 Å². The molecule has 3 N–H and O–H groups in total. The zero-order chi connectivity index (χ0) is 13.8. The highest BCUT2D eigenvalue weighted by Crippen LogP contribution is 2.26. The number of hydrogen-bond acceptors (Lipinski definition) is 2. The van der Waals surface area contributed by atoms with Crippen LogP contribution in [-0.2, 0) is 17.8 Å². The number of primary amides is 1. The molecule has 2 aromatic rings. The average molecular weight is 259 g/mol. The van der Waals surface area contributed by atoms with Gasteiger partial charge in [-0.2, -0.15) is 0 Å². The topological polar surface area (TPSA) is 63.3 Å². The summed E-state index contributed by atoms with van der Waals surface area (Å²) in [6, 6.07) is 11.3. The van der Waals surface area contributed by atoms with Gasteiger partial charge in [-0.3, -0.25) is 4.79 Å². The summed E-state index contributed by atoms with van der Waals surface area (Å²) in [6.45, 7) is -0.0922. The van der Waals surface area contributed by atoms with Crippen molar-refractivity contribution in [3.63, 3.8) is 0 Å². The molecule has 98 valence electrons. The molecule has 0 saturated heterocycles. The minimum atomic E-state index is -0.430. The Balaban J connectivity index is 2.51. The zero-order valence-corrected chi connectivity index (χ0v) is 10.3. The molecule has 0 fully saturated rings. The van der Waals surface area contributed by atoms with Crippen LogP contribution in [0.1, 0.15) is 11.1 Å². The van der Waals surface area contributed by atoms with Gasteiger partial charge in [0.15, 0.2) is 0 Å². The van der Waals surface area contributed by atoms with Gasteiger partial charge in [0.05, 0.1) is 13.0 Å². The Morgan fingerprint density at radius 3 is 2.42 bits per heavy atom. The van der Waals surface area contributed by atoms with E-state index >= 15 is 0 Å². The van der Waals surface area contributed by atoms with Crippen molar-refractivity contribution in [3.8, 4) is 11.1 Å². The second-order valence-corrected chi connectivity index (χ2v) is 4.30. The van der Waals surface area contributed by atoms with Gasteiger partial charge >= 0.3 is 0 Å². The van der Waals surface area contributed by atoms with Crippen molar-refractivity contribution >= 4 is 5.91 Å². The van der Waals surface area contributed by atoms with E-state index in [1.807, 2.05) is 0 Å². The van der Waals surface area contributed by atoms with Crippen LogP contribution < -0.4 is 5.73 Å². The van der Waals surface area contributed by atoms with Gasteiger partial charge in [0.2, 0.25) is 5.91 Å². The third kappa shape index (κ3) is 3.17. The third-order valence-corrected chi connectivity index (χ3v) is 2.88. The van der Waals surface area contributed by atoms with Crippen LogP contribution in [0.2, 0.25) is 0 Å². The molecule has 0 radical (unpaired) electrons. The molecule has 0 heterocycles. The number of amides is 1. The van der Waals surface area contributed by atoms with Crippen LogP contribution in [-0.4, -0.2) is 11.0 Å². The third-order valence-electron chi connectivity index (χ3n) is 2.88. The van der Waals surface area contributed by atoms with E-state index in [9.17, 15) is 14.3 Å². The maximum Gasteiger partial charge on any atom is 0.221 e. The van der Waals surface area contributed by atoms with E-state index in [4.69, 9.17) is 5.73 Å². The smallest absolute Gasteiger partial charge is 0.221 e. The molecule has 0 aliphatic carbocycles. The molecule has 0 spiro atoms. The summed E-state index contributed by atoms with van der Waals surface area (Å²) in [5.41, 5.74) is 8.28. The lowest BCUT2D eigenvalue weighted by Gasteiger charge is -2.10. The normalized spacial score (nSPS) is 10.4. The molecule has 0 aromatic heterocycles. The van der Waals surface area contributed by atoms with E-state index in [-0.39, 0.29) is 18.8 Å². The Kier molecular flexibility index (Phi) is 3.92. The van der Waals surface area contributed by atoms with Gasteiger partial charge < -0.3 is 10.8 Å². The van der Waals surface area contributed by atoms with Crippen LogP contribution in [0.25, 0.3) is 11.1 Å². The standard InChI is InChI=1S/C15H14FNO2/c16-13-5-3-11(4-6-13)14-7-10(9-18)1-2-12(14)8-15(17)19/h1-7,18H,8-9H2,(H2,17,19). The van der Waals surface area contributed by atoms with Gasteiger partial charge in [-0.05, 0) is 40.5 Å². The summed E-state index contributed by atoms with van der Waals surface area (Å²) >= 11 is 0. The van der Waals surface area contributed by atoms with E-state index in [0.717, 1.165) is 22.3 Å². The number of aliphatic hydroxyl groups excluding tert-OH is 1. The summed E-state index contributed by atoms with van der Waals surface area (Å²) in [5.74, 6) is -0.751. The quantitative estimate of drug-likeness (QED) is 0.882. The van der Waals surface area contributed by atoms with E-state index in [2.05, 4.69) is 0 Å². The van der Waals surface area contributed by atoms with Crippen molar-refractivity contribution in [1.29, 1.82) is 0 Å². The molecule has 0 saturated carbocycles. The lowest BCUT2D eigenvalue weighted by molar-refractivity contribution is -0.117. The summed E-state index contributed by atoms with van der Waals surface area (Å²) in [6.07, 6.45) is 0.110. The fraction of sp³-hybridized carbons (Fsp3) is 0.133. The number of hydrogen-bond donors (Lipinski definition) is 2. The summed E-state index contributed by atoms with van der Waals surface area (Å²) in [7, 11) is 0. The predicted octanol–water partition coefficient (Wildman–Crippen LogP) is 2.01. The largest absolute Gasteiger partial charge is 0.392 e. The summed E-state index contributed by atoms with van der Waals surface area (Å²) < 4.78 is 12.9. The van der Waals surface area contributed by atoms with Crippen LogP contribution >= 0.6 is 0 Å². The first kappa shape index (κ1) is 13.2. The highest BCUT2D eigenvalue weighted by Gasteiger charge is 2.09. The van der Waals surface area contributed by atoms with Crippen molar-refractivity contribution in [2.75, 3.05) is 0 Å². The first-order valence-electron chi connectivity index (χ1n) is 5.87. The number of carbonyl (C=O) groups is 1. The maximum absolute atomic E-state index is 12.9. The lowest BCUT2D eigenvalue weighted by atomic mass is 9.95. The van der Waals surface area contributed by atoms with Crippen molar-refractivity contribution in [1.82, 2.24) is 0 Å². The predicted molar refractivity (Wildman–Crippen MR) is 70.7 cm³/mol. The lowest BCUT2D eigenvalue weighted by Crippen LogP contribution is -2.14. The second-order valence-electron chi connectivity index (χ2n) is 4.30. The minimum absolute atomic E-state index is 0.0922. The van der Waals surface area contributed by atoms with Gasteiger partial charge in [0.25, 0.3) is 0 Å². The van der Waals surface area contributed by atoms with E-state index in [0.29, 0.717) is 0 Å². The first-order valence-corrected chi connectivity index (χ1v) is 5.87. The van der Waals surface area contributed by atoms with Gasteiger partial charge in [-0.25, -0.2) is 4.39 Å². The molecule has 0 bridgehead atoms. The Morgan fingerprint density at radius 2 is 1.84 bits per heavy atom. The van der Waals surface area contributed by atoms with Crippen molar-refractivity contribution < 1.29 is 14.3 Å². The number of halogens is 1. The summed E-state index contributed by atoms with van der Waals surface area (Å²) in [4.78, 5) is 11.1. The Labute approximate surface area is 110 Å². The number of benzene rings is 2. The van der Waals surface area contributed by atoms with Gasteiger partial charge in [0, 0.05) is 0 Å². The zero-order valence-electron chi connectivity index (χ0n) is 10.3. The van der Waals surface area contributed by atoms with Crippen LogP contribution in [0.3, 0.4) is 0 Å². The van der Waals surface area contributed by atoms with Crippen LogP contribution in [0.5, 0.6) is 0 Å². The molecule has 4 heteroatoms. The molecule has 2 rings (SSSR count). The van der Waals surface area contributed by atoms with Crippen LogP contribution in [0.4, 0.5) is 4.39 Å². The van der Waals surface area contributed by atoms with Crippen molar-refractivity contribution in [3.05, 3.63) is 59.4 Å². The Bertz CT molecular complexity index is 594. The van der Waals surface area contributed by atoms with Crippen LogP contribution in [0.15, 0.2) is 42.5 Å². The molecule has 3 nitrogen and oxygen atoms in total. The van der Waals surface area contributed by atoms with Crippen molar-refractivity contribution in [2.24, 2.45) is 5.73 Å². The molecular weight excluding hydrogens is 245 g/mol. The first-order chi connectivity index (χ1) is 9.10. The number of nitrogens with two attached hydrogens (primary N) is 1. The highest BCUT2D eigenvalue weighted by molar-refractivity contribution is 5.80. The molecule has 0 atom stereocenters. The molecule has 1 amide bonds. The second kappa shape index (κ2) is 5.63. The van der Waals surface area contributed by atoms with E-state index < -0.39 is 5.91 Å². The number of carbonyl (C=O) groups excluding carboxylic acids is 1. The fourth-order valence-corrected chi connectivity index (χ4v) is 1.96. The van der Waals surface area contributed by atoms with Crippen molar-refractivity contribution in [2.45, 2.75) is 13.0 Å². The molecular formula is C15H14FNO2. The highest BCUT2D eigenvalue weighted by atomic mass is 19.1. The van der Waals surface area contributed by atoms with Gasteiger partial charge in [0.1, 0.15) is 5.82 Å². The fourth-order valence-electron chi connectivity index (χ4n) is 1.96. The van der Waals surface area contributed by atoms with E-state index in [1.54, 1.807) is 30.3 Å². The SMILES string of the molecule is NC(=O)Cc1ccc(CO)cc1-c1ccc(F)cc1. The Hall–Kier alpha value is -2.20. The average Bonchev–Trinajstić information content (AvgIpc) is 2.40. The monoisotopic (exact) mass is 259 g/mol. The maximum atomic E-state index is 12.9. The van der Waals surface area contributed by atoms with Crippen LogP contribution in [0, 0.1) is 5.82 Å². The van der Waals surface area contributed by atoms with E-state index in [1.165, 1.54) is 12.1 Å².